The minimum Gasteiger partial charge on any atom is -0.335 e. The zero-order chi connectivity index (χ0) is 13.5. The molecule has 1 aromatic heterocycles. The molecule has 1 aromatic carbocycles. The molecular formula is C17H24N2. The summed E-state index contributed by atoms with van der Waals surface area (Å²) in [5.41, 5.74) is 1.42. The van der Waals surface area contributed by atoms with Gasteiger partial charge in [-0.3, -0.25) is 0 Å². The predicted molar refractivity (Wildman–Crippen MR) is 80.1 cm³/mol. The molecule has 0 radical (unpaired) electrons. The van der Waals surface area contributed by atoms with Gasteiger partial charge in [0.05, 0.1) is 0 Å². The molecule has 0 fully saturated rings. The summed E-state index contributed by atoms with van der Waals surface area (Å²) in [7, 11) is 0. The molecule has 0 N–H and O–H groups in total. The number of rotatable bonds is 7. The second-order valence-corrected chi connectivity index (χ2v) is 5.56. The average molecular weight is 256 g/mol. The summed E-state index contributed by atoms with van der Waals surface area (Å²) in [5, 5.41) is 0. The Labute approximate surface area is 116 Å². The van der Waals surface area contributed by atoms with Gasteiger partial charge in [-0.1, -0.05) is 44.2 Å². The molecule has 0 saturated carbocycles. The Balaban J connectivity index is 1.81. The highest BCUT2D eigenvalue weighted by Crippen LogP contribution is 2.09. The predicted octanol–water partition coefficient (Wildman–Crippen LogP) is 4.10. The normalized spacial score (nSPS) is 11.1. The lowest BCUT2D eigenvalue weighted by atomic mass is 10.1. The number of hydrogen-bond donors (Lipinski definition) is 0. The van der Waals surface area contributed by atoms with Crippen LogP contribution in [0.1, 0.15) is 38.1 Å². The van der Waals surface area contributed by atoms with Crippen LogP contribution in [0.15, 0.2) is 42.7 Å². The molecule has 2 heteroatoms. The van der Waals surface area contributed by atoms with Crippen molar-refractivity contribution in [3.63, 3.8) is 0 Å². The van der Waals surface area contributed by atoms with Crippen LogP contribution >= 0.6 is 0 Å². The molecule has 0 atom stereocenters. The molecule has 1 heterocycles. The molecule has 0 spiro atoms. The van der Waals surface area contributed by atoms with Gasteiger partial charge in [0.2, 0.25) is 0 Å². The van der Waals surface area contributed by atoms with Crippen molar-refractivity contribution < 1.29 is 0 Å². The molecule has 0 amide bonds. The van der Waals surface area contributed by atoms with Crippen molar-refractivity contribution in [2.24, 2.45) is 5.92 Å². The van der Waals surface area contributed by atoms with Crippen LogP contribution < -0.4 is 0 Å². The first kappa shape index (κ1) is 13.9. The molecule has 0 saturated heterocycles. The Kier molecular flexibility index (Phi) is 5.20. The highest BCUT2D eigenvalue weighted by Gasteiger charge is 2.04. The Morgan fingerprint density at radius 3 is 2.63 bits per heavy atom. The lowest BCUT2D eigenvalue weighted by molar-refractivity contribution is 0.544. The summed E-state index contributed by atoms with van der Waals surface area (Å²) in [4.78, 5) is 4.48. The van der Waals surface area contributed by atoms with Crippen LogP contribution in [0.5, 0.6) is 0 Å². The maximum Gasteiger partial charge on any atom is 0.108 e. The van der Waals surface area contributed by atoms with Gasteiger partial charge in [-0.2, -0.15) is 0 Å². The molecular weight excluding hydrogens is 232 g/mol. The Bertz CT molecular complexity index is 471. The third kappa shape index (κ3) is 4.55. The average Bonchev–Trinajstić information content (AvgIpc) is 2.85. The maximum atomic E-state index is 4.48. The van der Waals surface area contributed by atoms with Gasteiger partial charge in [-0.05, 0) is 30.7 Å². The molecule has 2 nitrogen and oxygen atoms in total. The van der Waals surface area contributed by atoms with Crippen molar-refractivity contribution in [3.8, 4) is 0 Å². The fourth-order valence-electron chi connectivity index (χ4n) is 2.29. The number of hydrogen-bond acceptors (Lipinski definition) is 1. The van der Waals surface area contributed by atoms with Gasteiger partial charge in [-0.15, -0.1) is 0 Å². The van der Waals surface area contributed by atoms with Crippen LogP contribution in [-0.4, -0.2) is 9.55 Å². The minimum absolute atomic E-state index is 0.745. The first-order chi connectivity index (χ1) is 9.25. The fraction of sp³-hybridized carbons (Fsp3) is 0.471. The van der Waals surface area contributed by atoms with Gasteiger partial charge in [0, 0.05) is 25.4 Å². The molecule has 2 rings (SSSR count). The molecule has 0 aliphatic carbocycles. The standard InChI is InChI=1S/C17H24N2/c1-15(2)10-11-17-18-12-14-19(17)13-6-9-16-7-4-3-5-8-16/h3-5,7-8,12,14-15H,6,9-11,13H2,1-2H3. The molecule has 0 aliphatic rings. The Morgan fingerprint density at radius 1 is 1.11 bits per heavy atom. The summed E-state index contributed by atoms with van der Waals surface area (Å²) in [5.74, 6) is 1.98. The highest BCUT2D eigenvalue weighted by molar-refractivity contribution is 5.14. The molecule has 0 bridgehead atoms. The van der Waals surface area contributed by atoms with Crippen molar-refractivity contribution in [2.75, 3.05) is 0 Å². The van der Waals surface area contributed by atoms with E-state index in [4.69, 9.17) is 0 Å². The first-order valence-electron chi connectivity index (χ1n) is 7.29. The SMILES string of the molecule is CC(C)CCc1nccn1CCCc1ccccc1. The van der Waals surface area contributed by atoms with E-state index in [2.05, 4.69) is 59.9 Å². The molecule has 2 aromatic rings. The summed E-state index contributed by atoms with van der Waals surface area (Å²) >= 11 is 0. The topological polar surface area (TPSA) is 17.8 Å². The van der Waals surface area contributed by atoms with Crippen molar-refractivity contribution in [3.05, 3.63) is 54.1 Å². The van der Waals surface area contributed by atoms with E-state index in [1.807, 2.05) is 6.20 Å². The smallest absolute Gasteiger partial charge is 0.108 e. The van der Waals surface area contributed by atoms with Crippen molar-refractivity contribution >= 4 is 0 Å². The van der Waals surface area contributed by atoms with Gasteiger partial charge in [0.1, 0.15) is 5.82 Å². The monoisotopic (exact) mass is 256 g/mol. The summed E-state index contributed by atoms with van der Waals surface area (Å²) in [6.07, 6.45) is 8.67. The lowest BCUT2D eigenvalue weighted by Crippen LogP contribution is -2.05. The van der Waals surface area contributed by atoms with E-state index in [0.29, 0.717) is 0 Å². The van der Waals surface area contributed by atoms with Crippen LogP contribution in [0.4, 0.5) is 0 Å². The van der Waals surface area contributed by atoms with Gasteiger partial charge < -0.3 is 4.57 Å². The summed E-state index contributed by atoms with van der Waals surface area (Å²) < 4.78 is 2.31. The van der Waals surface area contributed by atoms with Crippen molar-refractivity contribution in [1.29, 1.82) is 0 Å². The number of benzene rings is 1. The van der Waals surface area contributed by atoms with E-state index in [-0.39, 0.29) is 0 Å². The zero-order valence-electron chi connectivity index (χ0n) is 12.0. The summed E-state index contributed by atoms with van der Waals surface area (Å²) in [6.45, 7) is 5.60. The van der Waals surface area contributed by atoms with Crippen molar-refractivity contribution in [2.45, 2.75) is 46.1 Å². The third-order valence-corrected chi connectivity index (χ3v) is 3.45. The molecule has 0 aliphatic heterocycles. The number of nitrogens with zero attached hydrogens (tertiary/aromatic N) is 2. The third-order valence-electron chi connectivity index (χ3n) is 3.45. The second-order valence-electron chi connectivity index (χ2n) is 5.56. The minimum atomic E-state index is 0.745. The highest BCUT2D eigenvalue weighted by atomic mass is 15.1. The van der Waals surface area contributed by atoms with E-state index in [0.717, 1.165) is 25.3 Å². The van der Waals surface area contributed by atoms with Gasteiger partial charge in [-0.25, -0.2) is 4.98 Å². The Hall–Kier alpha value is -1.57. The zero-order valence-corrected chi connectivity index (χ0v) is 12.0. The lowest BCUT2D eigenvalue weighted by Gasteiger charge is -2.09. The van der Waals surface area contributed by atoms with Gasteiger partial charge in [0.25, 0.3) is 0 Å². The maximum absolute atomic E-state index is 4.48. The van der Waals surface area contributed by atoms with Gasteiger partial charge >= 0.3 is 0 Å². The number of aromatic nitrogens is 2. The largest absolute Gasteiger partial charge is 0.335 e. The fourth-order valence-corrected chi connectivity index (χ4v) is 2.29. The Morgan fingerprint density at radius 2 is 1.89 bits per heavy atom. The number of aryl methyl sites for hydroxylation is 3. The van der Waals surface area contributed by atoms with Crippen LogP contribution in [0.3, 0.4) is 0 Å². The molecule has 0 unspecified atom stereocenters. The van der Waals surface area contributed by atoms with E-state index in [1.165, 1.54) is 24.2 Å². The van der Waals surface area contributed by atoms with E-state index in [1.54, 1.807) is 0 Å². The first-order valence-corrected chi connectivity index (χ1v) is 7.29. The van der Waals surface area contributed by atoms with E-state index in [9.17, 15) is 0 Å². The van der Waals surface area contributed by atoms with Crippen LogP contribution in [0, 0.1) is 5.92 Å². The molecule has 102 valence electrons. The van der Waals surface area contributed by atoms with Crippen molar-refractivity contribution in [1.82, 2.24) is 9.55 Å². The number of imidazole rings is 1. The second kappa shape index (κ2) is 7.13. The van der Waals surface area contributed by atoms with Crippen LogP contribution in [-0.2, 0) is 19.4 Å². The van der Waals surface area contributed by atoms with Crippen LogP contribution in [0.2, 0.25) is 0 Å². The quantitative estimate of drug-likeness (QED) is 0.729. The van der Waals surface area contributed by atoms with Crippen LogP contribution in [0.25, 0.3) is 0 Å². The van der Waals surface area contributed by atoms with E-state index < -0.39 is 0 Å². The molecule has 19 heavy (non-hydrogen) atoms. The summed E-state index contributed by atoms with van der Waals surface area (Å²) in [6, 6.07) is 10.7. The van der Waals surface area contributed by atoms with Gasteiger partial charge in [0.15, 0.2) is 0 Å². The van der Waals surface area contributed by atoms with E-state index >= 15 is 0 Å².